The van der Waals surface area contributed by atoms with Crippen molar-refractivity contribution in [2.75, 3.05) is 23.9 Å². The molecule has 6 heteroatoms. The van der Waals surface area contributed by atoms with E-state index in [2.05, 4.69) is 41.4 Å². The number of nitrogens with one attached hydrogen (secondary N) is 1. The van der Waals surface area contributed by atoms with Crippen molar-refractivity contribution in [2.24, 2.45) is 0 Å². The molecule has 0 fully saturated rings. The Kier molecular flexibility index (Phi) is 6.82. The minimum atomic E-state index is -0.928. The molecule has 0 aromatic heterocycles. The van der Waals surface area contributed by atoms with Gasteiger partial charge in [0.1, 0.15) is 11.6 Å². The average molecular weight is 449 g/mol. The number of anilines is 3. The first-order valence-corrected chi connectivity index (χ1v) is 11.2. The van der Waals surface area contributed by atoms with Gasteiger partial charge in [-0.1, -0.05) is 18.2 Å². The lowest BCUT2D eigenvalue weighted by molar-refractivity contribution is -0.136. The summed E-state index contributed by atoms with van der Waals surface area (Å²) in [6, 6.07) is 17.4. The van der Waals surface area contributed by atoms with Crippen molar-refractivity contribution in [2.45, 2.75) is 39.2 Å². The zero-order valence-electron chi connectivity index (χ0n) is 19.0. The lowest BCUT2D eigenvalue weighted by Crippen LogP contribution is -2.26. The number of fused-ring (bicyclic) bond motifs is 1. The lowest BCUT2D eigenvalue weighted by atomic mass is 9.94. The molecule has 4 rings (SSSR count). The highest BCUT2D eigenvalue weighted by Gasteiger charge is 2.22. The fraction of sp³-hybridized carbons (Fsp3) is 0.296. The number of aliphatic carboxylic acids is 1. The van der Waals surface area contributed by atoms with Gasteiger partial charge in [0.15, 0.2) is 0 Å². The van der Waals surface area contributed by atoms with Gasteiger partial charge in [0.2, 0.25) is 0 Å². The van der Waals surface area contributed by atoms with Crippen LogP contribution in [0.1, 0.15) is 35.1 Å². The molecule has 0 saturated carbocycles. The molecular formula is C27H29FN2O3. The summed E-state index contributed by atoms with van der Waals surface area (Å²) in [4.78, 5) is 13.1. The molecule has 0 spiro atoms. The van der Waals surface area contributed by atoms with Gasteiger partial charge in [-0.2, -0.15) is 0 Å². The summed E-state index contributed by atoms with van der Waals surface area (Å²) < 4.78 is 19.7. The highest BCUT2D eigenvalue weighted by molar-refractivity contribution is 5.73. The predicted molar refractivity (Wildman–Crippen MR) is 129 cm³/mol. The predicted octanol–water partition coefficient (Wildman–Crippen LogP) is 5.86. The number of methoxy groups -OCH3 is 1. The maximum Gasteiger partial charge on any atom is 0.303 e. The molecule has 0 atom stereocenters. The number of rotatable bonds is 8. The normalized spacial score (nSPS) is 12.9. The molecule has 0 saturated heterocycles. The molecule has 2 N–H and O–H groups in total. The van der Waals surface area contributed by atoms with Crippen LogP contribution < -0.4 is 15.0 Å². The number of ether oxygens (including phenoxy) is 1. The molecule has 1 aliphatic rings. The van der Waals surface area contributed by atoms with Crippen LogP contribution in [0.25, 0.3) is 0 Å². The third-order valence-corrected chi connectivity index (χ3v) is 6.25. The van der Waals surface area contributed by atoms with Crippen LogP contribution in [0.3, 0.4) is 0 Å². The van der Waals surface area contributed by atoms with Crippen molar-refractivity contribution in [1.82, 2.24) is 0 Å². The van der Waals surface area contributed by atoms with Gasteiger partial charge in [-0.15, -0.1) is 0 Å². The second kappa shape index (κ2) is 9.94. The van der Waals surface area contributed by atoms with Crippen LogP contribution in [0.2, 0.25) is 0 Å². The molecule has 172 valence electrons. The number of carboxylic acids is 1. The van der Waals surface area contributed by atoms with Crippen LogP contribution in [0, 0.1) is 12.7 Å². The van der Waals surface area contributed by atoms with E-state index in [1.165, 1.54) is 22.9 Å². The number of hydrogen-bond acceptors (Lipinski definition) is 4. The summed E-state index contributed by atoms with van der Waals surface area (Å²) >= 11 is 0. The highest BCUT2D eigenvalue weighted by Crippen LogP contribution is 2.38. The van der Waals surface area contributed by atoms with Crippen LogP contribution in [0.5, 0.6) is 5.75 Å². The van der Waals surface area contributed by atoms with Crippen LogP contribution in [-0.4, -0.2) is 24.7 Å². The molecule has 1 aliphatic heterocycles. The van der Waals surface area contributed by atoms with Crippen molar-refractivity contribution in [1.29, 1.82) is 0 Å². The van der Waals surface area contributed by atoms with Gasteiger partial charge in [-0.05, 0) is 84.8 Å². The molecule has 0 unspecified atom stereocenters. The number of aryl methyl sites for hydroxylation is 2. The van der Waals surface area contributed by atoms with Crippen LogP contribution in [-0.2, 0) is 24.2 Å². The van der Waals surface area contributed by atoms with Crippen molar-refractivity contribution >= 4 is 23.0 Å². The SMILES string of the molecule is COc1ccc(N2CCCc3ccc(CNc4ccc(CCC(=O)O)c(F)c4)c(C)c32)cc1. The maximum absolute atomic E-state index is 14.4. The van der Waals surface area contributed by atoms with E-state index in [4.69, 9.17) is 9.84 Å². The van der Waals surface area contributed by atoms with E-state index in [1.54, 1.807) is 19.2 Å². The molecule has 0 bridgehead atoms. The summed E-state index contributed by atoms with van der Waals surface area (Å²) in [6.07, 6.45) is 2.26. The van der Waals surface area contributed by atoms with Crippen LogP contribution >= 0.6 is 0 Å². The molecule has 0 aliphatic carbocycles. The van der Waals surface area contributed by atoms with E-state index in [1.807, 2.05) is 12.1 Å². The lowest BCUT2D eigenvalue weighted by Gasteiger charge is -2.34. The quantitative estimate of drug-likeness (QED) is 0.452. The van der Waals surface area contributed by atoms with Gasteiger partial charge in [-0.3, -0.25) is 4.79 Å². The van der Waals surface area contributed by atoms with Gasteiger partial charge < -0.3 is 20.1 Å². The Hall–Kier alpha value is -3.54. The van der Waals surface area contributed by atoms with Gasteiger partial charge in [-0.25, -0.2) is 4.39 Å². The topological polar surface area (TPSA) is 61.8 Å². The Morgan fingerprint density at radius 1 is 1.12 bits per heavy atom. The van der Waals surface area contributed by atoms with Crippen LogP contribution in [0.15, 0.2) is 54.6 Å². The van der Waals surface area contributed by atoms with Gasteiger partial charge in [0.05, 0.1) is 7.11 Å². The van der Waals surface area contributed by atoms with Gasteiger partial charge in [0.25, 0.3) is 0 Å². The molecule has 3 aromatic carbocycles. The van der Waals surface area contributed by atoms with Crippen molar-refractivity contribution in [3.8, 4) is 5.75 Å². The monoisotopic (exact) mass is 448 g/mol. The number of nitrogens with zero attached hydrogens (tertiary/aromatic N) is 1. The number of benzene rings is 3. The van der Waals surface area contributed by atoms with E-state index < -0.39 is 5.97 Å². The maximum atomic E-state index is 14.4. The largest absolute Gasteiger partial charge is 0.497 e. The average Bonchev–Trinajstić information content (AvgIpc) is 2.82. The molecule has 33 heavy (non-hydrogen) atoms. The summed E-state index contributed by atoms with van der Waals surface area (Å²) in [5.74, 6) is -0.468. The molecule has 5 nitrogen and oxygen atoms in total. The van der Waals surface area contributed by atoms with Gasteiger partial charge >= 0.3 is 5.97 Å². The zero-order chi connectivity index (χ0) is 23.4. The standard InChI is InChI=1S/C27H29FN2O3/c1-18-21(17-29-22-9-7-19(25(28)16-22)8-14-26(31)32)6-5-20-4-3-15-30(27(18)20)23-10-12-24(33-2)13-11-23/h5-7,9-13,16,29H,3-4,8,14-15,17H2,1-2H3,(H,31,32). The Bertz CT molecular complexity index is 1140. The second-order valence-corrected chi connectivity index (χ2v) is 8.36. The Balaban J connectivity index is 1.53. The van der Waals surface area contributed by atoms with E-state index >= 15 is 0 Å². The van der Waals surface area contributed by atoms with Crippen molar-refractivity contribution in [3.63, 3.8) is 0 Å². The molecule has 1 heterocycles. The summed E-state index contributed by atoms with van der Waals surface area (Å²) in [6.45, 7) is 3.68. The first kappa shape index (κ1) is 22.6. The molecule has 0 radical (unpaired) electrons. The van der Waals surface area contributed by atoms with Gasteiger partial charge in [0, 0.05) is 36.6 Å². The van der Waals surface area contributed by atoms with E-state index in [-0.39, 0.29) is 18.7 Å². The van der Waals surface area contributed by atoms with Crippen molar-refractivity contribution < 1.29 is 19.0 Å². The molecule has 0 amide bonds. The van der Waals surface area contributed by atoms with Crippen molar-refractivity contribution in [3.05, 3.63) is 82.7 Å². The molecule has 3 aromatic rings. The number of carboxylic acid groups (broad SMARTS) is 1. The minimum Gasteiger partial charge on any atom is -0.497 e. The van der Waals surface area contributed by atoms with E-state index in [0.29, 0.717) is 17.8 Å². The first-order chi connectivity index (χ1) is 16.0. The summed E-state index contributed by atoms with van der Waals surface area (Å²) in [5, 5.41) is 12.1. The smallest absolute Gasteiger partial charge is 0.303 e. The van der Waals surface area contributed by atoms with E-state index in [9.17, 15) is 9.18 Å². The zero-order valence-corrected chi connectivity index (χ0v) is 19.0. The Morgan fingerprint density at radius 3 is 2.58 bits per heavy atom. The van der Waals surface area contributed by atoms with E-state index in [0.717, 1.165) is 36.4 Å². The fourth-order valence-electron chi connectivity index (χ4n) is 4.43. The third kappa shape index (κ3) is 5.11. The van der Waals surface area contributed by atoms with Crippen LogP contribution in [0.4, 0.5) is 21.5 Å². The second-order valence-electron chi connectivity index (χ2n) is 8.36. The highest BCUT2D eigenvalue weighted by atomic mass is 19.1. The Morgan fingerprint density at radius 2 is 1.88 bits per heavy atom. The number of halogens is 1. The fourth-order valence-corrected chi connectivity index (χ4v) is 4.43. The first-order valence-electron chi connectivity index (χ1n) is 11.2. The number of hydrogen-bond donors (Lipinski definition) is 2. The summed E-state index contributed by atoms with van der Waals surface area (Å²) in [7, 11) is 1.67. The third-order valence-electron chi connectivity index (χ3n) is 6.25. The Labute approximate surface area is 193 Å². The molecular weight excluding hydrogens is 419 g/mol. The minimum absolute atomic E-state index is 0.0806. The summed E-state index contributed by atoms with van der Waals surface area (Å²) in [5.41, 5.74) is 7.20. The number of carbonyl (C=O) groups is 1.